The van der Waals surface area contributed by atoms with E-state index in [1.165, 1.54) is 19.3 Å². The van der Waals surface area contributed by atoms with E-state index in [2.05, 4.69) is 15.1 Å². The van der Waals surface area contributed by atoms with E-state index in [-0.39, 0.29) is 5.92 Å². The number of carbonyl (C=O) groups excluding carboxylic acids is 1. The molecule has 0 unspecified atom stereocenters. The fourth-order valence-electron chi connectivity index (χ4n) is 3.24. The molecule has 6 nitrogen and oxygen atoms in total. The third-order valence-corrected chi connectivity index (χ3v) is 4.57. The van der Waals surface area contributed by atoms with Gasteiger partial charge < -0.3 is 14.2 Å². The van der Waals surface area contributed by atoms with Crippen LogP contribution in [0.3, 0.4) is 0 Å². The van der Waals surface area contributed by atoms with Crippen LogP contribution in [0.1, 0.15) is 44.9 Å². The van der Waals surface area contributed by atoms with E-state index in [0.717, 1.165) is 45.4 Å². The van der Waals surface area contributed by atoms with Gasteiger partial charge in [0.2, 0.25) is 11.8 Å². The standard InChI is InChI=1S/C15H24N4O2/c1-2-13-16-17-15(21-13)19-10-8-18(9-11-19)14(20)12-6-4-3-5-7-12/h12H,2-11H2,1H3. The zero-order valence-electron chi connectivity index (χ0n) is 12.8. The second kappa shape index (κ2) is 6.45. The molecule has 1 amide bonds. The van der Waals surface area contributed by atoms with Gasteiger partial charge in [-0.1, -0.05) is 31.3 Å². The van der Waals surface area contributed by atoms with Crippen LogP contribution in [-0.4, -0.2) is 47.2 Å². The largest absolute Gasteiger partial charge is 0.408 e. The zero-order chi connectivity index (χ0) is 14.7. The predicted molar refractivity (Wildman–Crippen MR) is 79.0 cm³/mol. The molecule has 0 aromatic carbocycles. The number of hydrogen-bond acceptors (Lipinski definition) is 5. The number of hydrogen-bond donors (Lipinski definition) is 0. The Morgan fingerprint density at radius 2 is 1.86 bits per heavy atom. The third-order valence-electron chi connectivity index (χ3n) is 4.57. The molecule has 0 N–H and O–H groups in total. The molecule has 0 bridgehead atoms. The fourth-order valence-corrected chi connectivity index (χ4v) is 3.24. The highest BCUT2D eigenvalue weighted by molar-refractivity contribution is 5.79. The van der Waals surface area contributed by atoms with Gasteiger partial charge in [0.05, 0.1) is 0 Å². The van der Waals surface area contributed by atoms with Crippen molar-refractivity contribution in [1.82, 2.24) is 15.1 Å². The zero-order valence-corrected chi connectivity index (χ0v) is 12.8. The van der Waals surface area contributed by atoms with Crippen molar-refractivity contribution in [3.05, 3.63) is 5.89 Å². The Hall–Kier alpha value is -1.59. The smallest absolute Gasteiger partial charge is 0.318 e. The topological polar surface area (TPSA) is 62.5 Å². The lowest BCUT2D eigenvalue weighted by molar-refractivity contribution is -0.136. The van der Waals surface area contributed by atoms with E-state index in [1.807, 2.05) is 11.8 Å². The van der Waals surface area contributed by atoms with Crippen LogP contribution < -0.4 is 4.90 Å². The van der Waals surface area contributed by atoms with Crippen LogP contribution in [0.15, 0.2) is 4.42 Å². The molecule has 6 heteroatoms. The van der Waals surface area contributed by atoms with E-state index < -0.39 is 0 Å². The normalized spacial score (nSPS) is 20.8. The number of piperazine rings is 1. The summed E-state index contributed by atoms with van der Waals surface area (Å²) in [4.78, 5) is 16.6. The third kappa shape index (κ3) is 3.19. The lowest BCUT2D eigenvalue weighted by atomic mass is 9.88. The van der Waals surface area contributed by atoms with Crippen molar-refractivity contribution in [2.75, 3.05) is 31.1 Å². The van der Waals surface area contributed by atoms with Gasteiger partial charge in [0.15, 0.2) is 0 Å². The van der Waals surface area contributed by atoms with Gasteiger partial charge in [-0.15, -0.1) is 5.10 Å². The molecule has 1 saturated carbocycles. The first-order chi connectivity index (χ1) is 10.3. The van der Waals surface area contributed by atoms with E-state index in [9.17, 15) is 4.79 Å². The highest BCUT2D eigenvalue weighted by Gasteiger charge is 2.29. The number of anilines is 1. The van der Waals surface area contributed by atoms with E-state index in [1.54, 1.807) is 0 Å². The van der Waals surface area contributed by atoms with Crippen molar-refractivity contribution < 1.29 is 9.21 Å². The fraction of sp³-hybridized carbons (Fsp3) is 0.800. The Morgan fingerprint density at radius 1 is 1.14 bits per heavy atom. The van der Waals surface area contributed by atoms with Gasteiger partial charge in [0.1, 0.15) is 0 Å². The molecule has 3 rings (SSSR count). The van der Waals surface area contributed by atoms with Crippen molar-refractivity contribution in [1.29, 1.82) is 0 Å². The maximum absolute atomic E-state index is 12.5. The summed E-state index contributed by atoms with van der Waals surface area (Å²) in [5, 5.41) is 8.07. The maximum atomic E-state index is 12.5. The maximum Gasteiger partial charge on any atom is 0.318 e. The van der Waals surface area contributed by atoms with Crippen LogP contribution in [-0.2, 0) is 11.2 Å². The molecule has 1 aliphatic carbocycles. The van der Waals surface area contributed by atoms with Crippen molar-refractivity contribution in [3.63, 3.8) is 0 Å². The van der Waals surface area contributed by atoms with Crippen LogP contribution in [0.4, 0.5) is 6.01 Å². The lowest BCUT2D eigenvalue weighted by Gasteiger charge is -2.36. The Balaban J connectivity index is 1.53. The molecular weight excluding hydrogens is 268 g/mol. The Labute approximate surface area is 125 Å². The van der Waals surface area contributed by atoms with Gasteiger partial charge in [0.25, 0.3) is 0 Å². The van der Waals surface area contributed by atoms with Gasteiger partial charge in [-0.25, -0.2) is 0 Å². The quantitative estimate of drug-likeness (QED) is 0.851. The average molecular weight is 292 g/mol. The first kappa shape index (κ1) is 14.4. The van der Waals surface area contributed by atoms with Crippen molar-refractivity contribution >= 4 is 11.9 Å². The van der Waals surface area contributed by atoms with Crippen LogP contribution in [0, 0.1) is 5.92 Å². The summed E-state index contributed by atoms with van der Waals surface area (Å²) >= 11 is 0. The first-order valence-corrected chi connectivity index (χ1v) is 8.14. The predicted octanol–water partition coefficient (Wildman–Crippen LogP) is 1.86. The summed E-state index contributed by atoms with van der Waals surface area (Å²) in [5.74, 6) is 1.29. The van der Waals surface area contributed by atoms with Gasteiger partial charge in [-0.05, 0) is 12.8 Å². The van der Waals surface area contributed by atoms with Gasteiger partial charge >= 0.3 is 6.01 Å². The molecule has 1 aromatic heterocycles. The van der Waals surface area contributed by atoms with E-state index in [0.29, 0.717) is 17.8 Å². The second-order valence-electron chi connectivity index (χ2n) is 5.98. The summed E-state index contributed by atoms with van der Waals surface area (Å²) in [5.41, 5.74) is 0. The molecule has 2 aliphatic rings. The summed E-state index contributed by atoms with van der Waals surface area (Å²) in [6.45, 7) is 5.09. The average Bonchev–Trinajstić information content (AvgIpc) is 3.04. The van der Waals surface area contributed by atoms with E-state index >= 15 is 0 Å². The minimum Gasteiger partial charge on any atom is -0.408 e. The molecule has 1 aliphatic heterocycles. The summed E-state index contributed by atoms with van der Waals surface area (Å²) < 4.78 is 5.58. The van der Waals surface area contributed by atoms with Crippen molar-refractivity contribution in [2.45, 2.75) is 45.4 Å². The van der Waals surface area contributed by atoms with Crippen LogP contribution in [0.25, 0.3) is 0 Å². The second-order valence-corrected chi connectivity index (χ2v) is 5.98. The van der Waals surface area contributed by atoms with Crippen LogP contribution >= 0.6 is 0 Å². The number of aryl methyl sites for hydroxylation is 1. The molecule has 116 valence electrons. The number of carbonyl (C=O) groups is 1. The Morgan fingerprint density at radius 3 is 2.48 bits per heavy atom. The minimum absolute atomic E-state index is 0.264. The highest BCUT2D eigenvalue weighted by atomic mass is 16.4. The number of aromatic nitrogens is 2. The van der Waals surface area contributed by atoms with Crippen molar-refractivity contribution in [2.24, 2.45) is 5.92 Å². The van der Waals surface area contributed by atoms with Crippen LogP contribution in [0.5, 0.6) is 0 Å². The highest BCUT2D eigenvalue weighted by Crippen LogP contribution is 2.26. The van der Waals surface area contributed by atoms with Crippen molar-refractivity contribution in [3.8, 4) is 0 Å². The number of nitrogens with zero attached hydrogens (tertiary/aromatic N) is 4. The molecule has 21 heavy (non-hydrogen) atoms. The minimum atomic E-state index is 0.264. The van der Waals surface area contributed by atoms with Crippen LogP contribution in [0.2, 0.25) is 0 Å². The summed E-state index contributed by atoms with van der Waals surface area (Å²) in [7, 11) is 0. The molecule has 0 spiro atoms. The number of rotatable bonds is 3. The summed E-state index contributed by atoms with van der Waals surface area (Å²) in [6.07, 6.45) is 6.60. The van der Waals surface area contributed by atoms with E-state index in [4.69, 9.17) is 4.42 Å². The number of amides is 1. The molecule has 2 fully saturated rings. The Kier molecular flexibility index (Phi) is 4.41. The van der Waals surface area contributed by atoms with Gasteiger partial charge in [-0.3, -0.25) is 4.79 Å². The lowest BCUT2D eigenvalue weighted by Crippen LogP contribution is -2.50. The molecule has 0 radical (unpaired) electrons. The van der Waals surface area contributed by atoms with Gasteiger partial charge in [0, 0.05) is 38.5 Å². The molecule has 2 heterocycles. The molecule has 0 atom stereocenters. The molecular formula is C15H24N4O2. The first-order valence-electron chi connectivity index (χ1n) is 8.14. The Bertz CT molecular complexity index is 474. The SMILES string of the molecule is CCc1nnc(N2CCN(C(=O)C3CCCCC3)CC2)o1. The summed E-state index contributed by atoms with van der Waals surface area (Å²) in [6, 6.07) is 0.594. The monoisotopic (exact) mass is 292 g/mol. The van der Waals surface area contributed by atoms with Gasteiger partial charge in [-0.2, -0.15) is 0 Å². The molecule has 1 saturated heterocycles. The molecule has 1 aromatic rings.